The molecule has 1 aliphatic rings. The van der Waals surface area contributed by atoms with Gasteiger partial charge in [0.25, 0.3) is 0 Å². The predicted octanol–water partition coefficient (Wildman–Crippen LogP) is 2.60. The van der Waals surface area contributed by atoms with Gasteiger partial charge in [0.1, 0.15) is 5.75 Å². The van der Waals surface area contributed by atoms with Gasteiger partial charge in [-0.2, -0.15) is 4.31 Å². The maximum atomic E-state index is 13.1. The first-order valence-electron chi connectivity index (χ1n) is 8.42. The van der Waals surface area contributed by atoms with Gasteiger partial charge in [0.15, 0.2) is 0 Å². The SMILES string of the molecule is CCOc1ccc(S(=O)(=O)N2CCC(CN)CC2)c2ccccc12. The van der Waals surface area contributed by atoms with E-state index in [1.165, 1.54) is 0 Å². The largest absolute Gasteiger partial charge is 0.493 e. The monoisotopic (exact) mass is 348 g/mol. The van der Waals surface area contributed by atoms with Crippen LogP contribution in [0, 0.1) is 5.92 Å². The maximum Gasteiger partial charge on any atom is 0.243 e. The van der Waals surface area contributed by atoms with Crippen molar-refractivity contribution in [1.82, 2.24) is 4.31 Å². The van der Waals surface area contributed by atoms with Crippen LogP contribution in [0.3, 0.4) is 0 Å². The van der Waals surface area contributed by atoms with E-state index in [4.69, 9.17) is 10.5 Å². The van der Waals surface area contributed by atoms with Gasteiger partial charge in [0.05, 0.1) is 11.5 Å². The average molecular weight is 348 g/mol. The number of rotatable bonds is 5. The summed E-state index contributed by atoms with van der Waals surface area (Å²) in [6, 6.07) is 10.9. The number of hydrogen-bond acceptors (Lipinski definition) is 4. The van der Waals surface area contributed by atoms with E-state index in [-0.39, 0.29) is 0 Å². The smallest absolute Gasteiger partial charge is 0.243 e. The van der Waals surface area contributed by atoms with E-state index in [1.807, 2.05) is 31.2 Å². The Morgan fingerprint density at radius 2 is 1.79 bits per heavy atom. The second kappa shape index (κ2) is 7.09. The van der Waals surface area contributed by atoms with Gasteiger partial charge in [-0.1, -0.05) is 24.3 Å². The van der Waals surface area contributed by atoms with Crippen LogP contribution in [0.2, 0.25) is 0 Å². The molecule has 0 amide bonds. The molecule has 5 nitrogen and oxygen atoms in total. The summed E-state index contributed by atoms with van der Waals surface area (Å²) < 4.78 is 33.5. The number of benzene rings is 2. The van der Waals surface area contributed by atoms with E-state index < -0.39 is 10.0 Å². The highest BCUT2D eigenvalue weighted by molar-refractivity contribution is 7.89. The van der Waals surface area contributed by atoms with Crippen molar-refractivity contribution in [3.63, 3.8) is 0 Å². The minimum Gasteiger partial charge on any atom is -0.493 e. The van der Waals surface area contributed by atoms with Crippen molar-refractivity contribution >= 4 is 20.8 Å². The van der Waals surface area contributed by atoms with Crippen molar-refractivity contribution in [1.29, 1.82) is 0 Å². The van der Waals surface area contributed by atoms with Gasteiger partial charge in [-0.25, -0.2) is 8.42 Å². The molecule has 2 N–H and O–H groups in total. The fourth-order valence-electron chi connectivity index (χ4n) is 3.27. The van der Waals surface area contributed by atoms with Crippen molar-refractivity contribution in [2.45, 2.75) is 24.7 Å². The summed E-state index contributed by atoms with van der Waals surface area (Å²) in [6.45, 7) is 4.15. The Bertz CT molecular complexity index is 812. The van der Waals surface area contributed by atoms with Crippen molar-refractivity contribution < 1.29 is 13.2 Å². The molecule has 24 heavy (non-hydrogen) atoms. The predicted molar refractivity (Wildman–Crippen MR) is 95.7 cm³/mol. The number of piperidine rings is 1. The van der Waals surface area contributed by atoms with Gasteiger partial charge in [-0.3, -0.25) is 0 Å². The van der Waals surface area contributed by atoms with Crippen LogP contribution >= 0.6 is 0 Å². The van der Waals surface area contributed by atoms with E-state index in [9.17, 15) is 8.42 Å². The molecule has 130 valence electrons. The molecule has 0 saturated carbocycles. The Balaban J connectivity index is 2.01. The summed E-state index contributed by atoms with van der Waals surface area (Å²) in [4.78, 5) is 0.354. The minimum atomic E-state index is -3.52. The summed E-state index contributed by atoms with van der Waals surface area (Å²) in [5.74, 6) is 1.14. The molecule has 0 atom stereocenters. The van der Waals surface area contributed by atoms with Crippen molar-refractivity contribution in [3.05, 3.63) is 36.4 Å². The number of sulfonamides is 1. The molecule has 1 heterocycles. The zero-order valence-electron chi connectivity index (χ0n) is 13.9. The second-order valence-corrected chi connectivity index (χ2v) is 8.03. The zero-order valence-corrected chi connectivity index (χ0v) is 14.8. The first kappa shape index (κ1) is 17.2. The third-order valence-electron chi connectivity index (χ3n) is 4.67. The average Bonchev–Trinajstić information content (AvgIpc) is 2.62. The number of fused-ring (bicyclic) bond motifs is 1. The molecule has 6 heteroatoms. The highest BCUT2D eigenvalue weighted by Gasteiger charge is 2.30. The third-order valence-corrected chi connectivity index (χ3v) is 6.63. The highest BCUT2D eigenvalue weighted by Crippen LogP contribution is 2.33. The van der Waals surface area contributed by atoms with Crippen LogP contribution in [-0.2, 0) is 10.0 Å². The van der Waals surface area contributed by atoms with Gasteiger partial charge in [0, 0.05) is 23.9 Å². The molecule has 3 rings (SSSR count). The highest BCUT2D eigenvalue weighted by atomic mass is 32.2. The van der Waals surface area contributed by atoms with Crippen LogP contribution in [0.5, 0.6) is 5.75 Å². The van der Waals surface area contributed by atoms with Crippen molar-refractivity contribution in [2.24, 2.45) is 11.7 Å². The van der Waals surface area contributed by atoms with Crippen LogP contribution in [0.25, 0.3) is 10.8 Å². The normalized spacial score (nSPS) is 17.2. The van der Waals surface area contributed by atoms with E-state index in [2.05, 4.69) is 0 Å². The fourth-order valence-corrected chi connectivity index (χ4v) is 4.94. The van der Waals surface area contributed by atoms with Gasteiger partial charge < -0.3 is 10.5 Å². The van der Waals surface area contributed by atoms with E-state index >= 15 is 0 Å². The molecular formula is C18H24N2O3S. The number of ether oxygens (including phenoxy) is 1. The quantitative estimate of drug-likeness (QED) is 0.901. The maximum absolute atomic E-state index is 13.1. The lowest BCUT2D eigenvalue weighted by Crippen LogP contribution is -2.40. The number of hydrogen-bond donors (Lipinski definition) is 1. The van der Waals surface area contributed by atoms with Crippen LogP contribution in [0.1, 0.15) is 19.8 Å². The van der Waals surface area contributed by atoms with Crippen LogP contribution in [0.15, 0.2) is 41.3 Å². The zero-order chi connectivity index (χ0) is 17.2. The summed E-state index contributed by atoms with van der Waals surface area (Å²) in [7, 11) is -3.52. The molecule has 0 aromatic heterocycles. The van der Waals surface area contributed by atoms with Crippen molar-refractivity contribution in [3.8, 4) is 5.75 Å². The molecule has 0 radical (unpaired) electrons. The lowest BCUT2D eigenvalue weighted by Gasteiger charge is -2.31. The summed E-state index contributed by atoms with van der Waals surface area (Å²) >= 11 is 0. The molecular weight excluding hydrogens is 324 g/mol. The van der Waals surface area contributed by atoms with Gasteiger partial charge in [0.2, 0.25) is 10.0 Å². The summed E-state index contributed by atoms with van der Waals surface area (Å²) in [5, 5.41) is 1.54. The molecule has 1 aliphatic heterocycles. The molecule has 1 saturated heterocycles. The van der Waals surface area contributed by atoms with Gasteiger partial charge in [-0.05, 0) is 44.4 Å². The molecule has 2 aromatic carbocycles. The molecule has 2 aromatic rings. The second-order valence-electron chi connectivity index (χ2n) is 6.12. The lowest BCUT2D eigenvalue weighted by atomic mass is 9.99. The van der Waals surface area contributed by atoms with Crippen molar-refractivity contribution in [2.75, 3.05) is 26.2 Å². The van der Waals surface area contributed by atoms with E-state index in [1.54, 1.807) is 16.4 Å². The minimum absolute atomic E-state index is 0.354. The number of nitrogens with zero attached hydrogens (tertiary/aromatic N) is 1. The molecule has 0 unspecified atom stereocenters. The number of nitrogens with two attached hydrogens (primary N) is 1. The van der Waals surface area contributed by atoms with Crippen LogP contribution < -0.4 is 10.5 Å². The molecule has 0 spiro atoms. The topological polar surface area (TPSA) is 72.6 Å². The first-order chi connectivity index (χ1) is 11.6. The Morgan fingerprint density at radius 1 is 1.12 bits per heavy atom. The van der Waals surface area contributed by atoms with Gasteiger partial charge in [-0.15, -0.1) is 0 Å². The third kappa shape index (κ3) is 3.14. The van der Waals surface area contributed by atoms with E-state index in [0.29, 0.717) is 48.2 Å². The first-order valence-corrected chi connectivity index (χ1v) is 9.86. The summed E-state index contributed by atoms with van der Waals surface area (Å²) in [5.41, 5.74) is 5.71. The van der Waals surface area contributed by atoms with E-state index in [0.717, 1.165) is 18.2 Å². The molecule has 0 aliphatic carbocycles. The molecule has 1 fully saturated rings. The lowest BCUT2D eigenvalue weighted by molar-refractivity contribution is 0.278. The molecule has 0 bridgehead atoms. The van der Waals surface area contributed by atoms with Crippen LogP contribution in [-0.4, -0.2) is 39.0 Å². The Labute approximate surface area is 143 Å². The Kier molecular flexibility index (Phi) is 5.08. The fraction of sp³-hybridized carbons (Fsp3) is 0.444. The van der Waals surface area contributed by atoms with Gasteiger partial charge >= 0.3 is 0 Å². The Morgan fingerprint density at radius 3 is 2.42 bits per heavy atom. The van der Waals surface area contributed by atoms with Crippen LogP contribution in [0.4, 0.5) is 0 Å². The standard InChI is InChI=1S/C18H24N2O3S/c1-2-23-17-7-8-18(16-6-4-3-5-15(16)17)24(21,22)20-11-9-14(13-19)10-12-20/h3-8,14H,2,9-13,19H2,1H3. The summed E-state index contributed by atoms with van der Waals surface area (Å²) in [6.07, 6.45) is 1.65. The Hall–Kier alpha value is -1.63.